The highest BCUT2D eigenvalue weighted by molar-refractivity contribution is 7.92. The van der Waals surface area contributed by atoms with Crippen LogP contribution in [0, 0.1) is 0 Å². The number of fused-ring (bicyclic) bond motifs is 1. The quantitative estimate of drug-likeness (QED) is 0.411. The van der Waals surface area contributed by atoms with E-state index in [1.54, 1.807) is 61.5 Å². The van der Waals surface area contributed by atoms with Crippen molar-refractivity contribution in [3.8, 4) is 17.2 Å². The molecule has 1 atom stereocenters. The van der Waals surface area contributed by atoms with E-state index >= 15 is 0 Å². The normalized spacial score (nSPS) is 13.2. The van der Waals surface area contributed by atoms with Crippen LogP contribution in [0.5, 0.6) is 17.2 Å². The van der Waals surface area contributed by atoms with Crippen LogP contribution in [0.3, 0.4) is 0 Å². The minimum Gasteiger partial charge on any atom is -0.497 e. The number of methoxy groups -OCH3 is 1. The summed E-state index contributed by atoms with van der Waals surface area (Å²) in [5.41, 5.74) is 0.945. The Hall–Kier alpha value is -4.25. The Morgan fingerprint density at radius 3 is 2.38 bits per heavy atom. The van der Waals surface area contributed by atoms with Gasteiger partial charge in [0.15, 0.2) is 11.5 Å². The predicted molar refractivity (Wildman–Crippen MR) is 145 cm³/mol. The number of nitrogens with zero attached hydrogens (tertiary/aromatic N) is 2. The summed E-state index contributed by atoms with van der Waals surface area (Å²) < 4.78 is 45.3. The first kappa shape index (κ1) is 27.8. The number of sulfonamides is 1. The minimum absolute atomic E-state index is 0.0198. The van der Waals surface area contributed by atoms with Crippen molar-refractivity contribution in [1.82, 2.24) is 10.2 Å². The van der Waals surface area contributed by atoms with Crippen LogP contribution in [0.1, 0.15) is 12.5 Å². The van der Waals surface area contributed by atoms with Crippen molar-refractivity contribution in [3.63, 3.8) is 0 Å². The van der Waals surface area contributed by atoms with Gasteiger partial charge in [0.25, 0.3) is 10.0 Å². The third-order valence-electron chi connectivity index (χ3n) is 6.32. The Morgan fingerprint density at radius 1 is 0.974 bits per heavy atom. The molecule has 1 aliphatic rings. The van der Waals surface area contributed by atoms with E-state index in [4.69, 9.17) is 14.2 Å². The summed E-state index contributed by atoms with van der Waals surface area (Å²) in [7, 11) is -1.16. The fourth-order valence-corrected chi connectivity index (χ4v) is 5.62. The highest BCUT2D eigenvalue weighted by Crippen LogP contribution is 2.36. The van der Waals surface area contributed by atoms with Gasteiger partial charge in [0.2, 0.25) is 11.8 Å². The molecule has 10 nitrogen and oxygen atoms in total. The summed E-state index contributed by atoms with van der Waals surface area (Å²) in [5.74, 6) is 0.510. The van der Waals surface area contributed by atoms with Crippen molar-refractivity contribution in [2.24, 2.45) is 0 Å². The fourth-order valence-electron chi connectivity index (χ4n) is 4.19. The molecule has 0 fully saturated rings. The molecule has 1 aliphatic heterocycles. The molecule has 4 rings (SSSR count). The van der Waals surface area contributed by atoms with Gasteiger partial charge in [-0.25, -0.2) is 8.42 Å². The summed E-state index contributed by atoms with van der Waals surface area (Å²) in [4.78, 5) is 27.8. The van der Waals surface area contributed by atoms with E-state index in [1.165, 1.54) is 37.3 Å². The molecular weight excluding hydrogens is 522 g/mol. The van der Waals surface area contributed by atoms with Crippen molar-refractivity contribution in [1.29, 1.82) is 0 Å². The van der Waals surface area contributed by atoms with E-state index in [2.05, 4.69) is 5.32 Å². The van der Waals surface area contributed by atoms with Gasteiger partial charge in [-0.05, 0) is 48.9 Å². The van der Waals surface area contributed by atoms with Crippen LogP contribution in [0.4, 0.5) is 5.69 Å². The van der Waals surface area contributed by atoms with Gasteiger partial charge in [0.1, 0.15) is 31.5 Å². The standard InChI is InChI=1S/C28H31N3O7S/c1-20(28(33)29-2)30(18-21-8-7-9-23(16-21)36-3)27(32)19-31(39(34,35)24-10-5-4-6-11-24)22-12-13-25-26(17-22)38-15-14-37-25/h4-13,16-17,20H,14-15,18-19H2,1-3H3,(H,29,33)/t20-/m1/s1. The molecule has 11 heteroatoms. The molecule has 0 aromatic heterocycles. The number of benzene rings is 3. The average molecular weight is 554 g/mol. The monoisotopic (exact) mass is 553 g/mol. The zero-order valence-electron chi connectivity index (χ0n) is 22.0. The van der Waals surface area contributed by atoms with Crippen molar-refractivity contribution >= 4 is 27.5 Å². The Labute approximate surface area is 228 Å². The van der Waals surface area contributed by atoms with E-state index < -0.39 is 28.5 Å². The van der Waals surface area contributed by atoms with Crippen LogP contribution < -0.4 is 23.8 Å². The van der Waals surface area contributed by atoms with Crippen LogP contribution in [0.2, 0.25) is 0 Å². The molecular formula is C28H31N3O7S. The maximum atomic E-state index is 13.9. The number of hydrogen-bond donors (Lipinski definition) is 1. The first-order valence-corrected chi connectivity index (χ1v) is 13.8. The SMILES string of the molecule is CNC(=O)[C@@H](C)N(Cc1cccc(OC)c1)C(=O)CN(c1ccc2c(c1)OCCO2)S(=O)(=O)c1ccccc1. The number of amides is 2. The number of anilines is 1. The van der Waals surface area contributed by atoms with E-state index in [-0.39, 0.29) is 23.0 Å². The molecule has 0 aliphatic carbocycles. The third-order valence-corrected chi connectivity index (χ3v) is 8.11. The molecule has 1 heterocycles. The van der Waals surface area contributed by atoms with Crippen LogP contribution >= 0.6 is 0 Å². The van der Waals surface area contributed by atoms with E-state index in [9.17, 15) is 18.0 Å². The van der Waals surface area contributed by atoms with Crippen LogP contribution in [-0.2, 0) is 26.2 Å². The Kier molecular flexibility index (Phi) is 8.60. The van der Waals surface area contributed by atoms with E-state index in [0.717, 1.165) is 9.87 Å². The Morgan fingerprint density at radius 2 is 1.69 bits per heavy atom. The molecule has 0 spiro atoms. The minimum atomic E-state index is -4.18. The smallest absolute Gasteiger partial charge is 0.264 e. The lowest BCUT2D eigenvalue weighted by atomic mass is 10.1. The van der Waals surface area contributed by atoms with Crippen molar-refractivity contribution in [2.75, 3.05) is 38.2 Å². The zero-order chi connectivity index (χ0) is 28.0. The first-order chi connectivity index (χ1) is 18.7. The molecule has 206 valence electrons. The molecule has 0 saturated heterocycles. The summed E-state index contributed by atoms with van der Waals surface area (Å²) in [6.45, 7) is 1.80. The molecule has 3 aromatic carbocycles. The maximum absolute atomic E-state index is 13.9. The highest BCUT2D eigenvalue weighted by atomic mass is 32.2. The maximum Gasteiger partial charge on any atom is 0.264 e. The topological polar surface area (TPSA) is 114 Å². The van der Waals surface area contributed by atoms with Crippen molar-refractivity contribution in [2.45, 2.75) is 24.4 Å². The number of ether oxygens (including phenoxy) is 3. The van der Waals surface area contributed by atoms with Gasteiger partial charge in [-0.1, -0.05) is 30.3 Å². The molecule has 1 N–H and O–H groups in total. The van der Waals surface area contributed by atoms with Gasteiger partial charge in [-0.2, -0.15) is 0 Å². The van der Waals surface area contributed by atoms with Crippen LogP contribution in [0.25, 0.3) is 0 Å². The predicted octanol–water partition coefficient (Wildman–Crippen LogP) is 2.82. The van der Waals surface area contributed by atoms with Crippen LogP contribution in [-0.4, -0.2) is 65.1 Å². The summed E-state index contributed by atoms with van der Waals surface area (Å²) in [6, 6.07) is 18.8. The molecule has 3 aromatic rings. The van der Waals surface area contributed by atoms with Crippen molar-refractivity contribution < 1.29 is 32.2 Å². The summed E-state index contributed by atoms with van der Waals surface area (Å²) in [5, 5.41) is 2.56. The summed E-state index contributed by atoms with van der Waals surface area (Å²) >= 11 is 0. The number of carbonyl (C=O) groups excluding carboxylic acids is 2. The van der Waals surface area contributed by atoms with Gasteiger partial charge in [0, 0.05) is 19.7 Å². The fraction of sp³-hybridized carbons (Fsp3) is 0.286. The lowest BCUT2D eigenvalue weighted by Crippen LogP contribution is -2.50. The largest absolute Gasteiger partial charge is 0.497 e. The molecule has 0 saturated carbocycles. The highest BCUT2D eigenvalue weighted by Gasteiger charge is 2.33. The van der Waals surface area contributed by atoms with E-state index in [0.29, 0.717) is 30.5 Å². The van der Waals surface area contributed by atoms with Gasteiger partial charge < -0.3 is 24.4 Å². The van der Waals surface area contributed by atoms with Gasteiger partial charge in [-0.15, -0.1) is 0 Å². The first-order valence-electron chi connectivity index (χ1n) is 12.4. The Balaban J connectivity index is 1.73. The zero-order valence-corrected chi connectivity index (χ0v) is 22.8. The van der Waals surface area contributed by atoms with E-state index in [1.807, 2.05) is 0 Å². The number of hydrogen-bond acceptors (Lipinski definition) is 7. The summed E-state index contributed by atoms with van der Waals surface area (Å²) in [6.07, 6.45) is 0. The van der Waals surface area contributed by atoms with Gasteiger partial charge in [-0.3, -0.25) is 13.9 Å². The number of rotatable bonds is 10. The van der Waals surface area contributed by atoms with Gasteiger partial charge in [0.05, 0.1) is 17.7 Å². The number of carbonyl (C=O) groups is 2. The second-order valence-electron chi connectivity index (χ2n) is 8.82. The molecule has 0 bridgehead atoms. The molecule has 2 amide bonds. The lowest BCUT2D eigenvalue weighted by Gasteiger charge is -2.32. The molecule has 39 heavy (non-hydrogen) atoms. The van der Waals surface area contributed by atoms with Gasteiger partial charge >= 0.3 is 0 Å². The number of nitrogens with one attached hydrogen (secondary N) is 1. The second kappa shape index (κ2) is 12.1. The molecule has 0 unspecified atom stereocenters. The molecule has 0 radical (unpaired) electrons. The number of likely N-dealkylation sites (N-methyl/N-ethyl adjacent to an activating group) is 1. The third kappa shape index (κ3) is 6.26. The van der Waals surface area contributed by atoms with Crippen LogP contribution in [0.15, 0.2) is 77.7 Å². The lowest BCUT2D eigenvalue weighted by molar-refractivity contribution is -0.139. The Bertz CT molecular complexity index is 1430. The average Bonchev–Trinajstić information content (AvgIpc) is 2.98. The van der Waals surface area contributed by atoms with Crippen molar-refractivity contribution in [3.05, 3.63) is 78.4 Å². The second-order valence-corrected chi connectivity index (χ2v) is 10.7.